The first-order valence-electron chi connectivity index (χ1n) is 10.9. The Morgan fingerprint density at radius 3 is 2.19 bits per heavy atom. The number of para-hydroxylation sites is 1. The molecule has 1 heterocycles. The number of morpholine rings is 1. The predicted molar refractivity (Wildman–Crippen MR) is 120 cm³/mol. The van der Waals surface area contributed by atoms with Crippen LogP contribution >= 0.6 is 0 Å². The first kappa shape index (κ1) is 22.9. The maximum Gasteiger partial charge on any atom is 0.255 e. The van der Waals surface area contributed by atoms with E-state index in [2.05, 4.69) is 10.2 Å². The van der Waals surface area contributed by atoms with Gasteiger partial charge in [0, 0.05) is 30.9 Å². The third kappa shape index (κ3) is 6.12. The van der Waals surface area contributed by atoms with Crippen molar-refractivity contribution in [3.63, 3.8) is 0 Å². The fourth-order valence-electron chi connectivity index (χ4n) is 3.49. The normalized spacial score (nSPS) is 14.2. The largest absolute Gasteiger partial charge is 0.490 e. The van der Waals surface area contributed by atoms with Crippen molar-refractivity contribution < 1.29 is 23.7 Å². The molecule has 7 nitrogen and oxygen atoms in total. The van der Waals surface area contributed by atoms with Crippen molar-refractivity contribution in [1.29, 1.82) is 0 Å². The Balaban J connectivity index is 1.84. The highest BCUT2D eigenvalue weighted by Gasteiger charge is 2.19. The van der Waals surface area contributed by atoms with Crippen molar-refractivity contribution in [3.8, 4) is 17.2 Å². The number of anilines is 1. The molecular formula is C24H32N2O5. The van der Waals surface area contributed by atoms with Gasteiger partial charge in [-0.3, -0.25) is 9.69 Å². The summed E-state index contributed by atoms with van der Waals surface area (Å²) in [6.07, 6.45) is 0. The predicted octanol–water partition coefficient (Wildman–Crippen LogP) is 3.97. The van der Waals surface area contributed by atoms with Crippen LogP contribution in [0, 0.1) is 0 Å². The maximum absolute atomic E-state index is 13.1. The molecule has 0 aliphatic carbocycles. The summed E-state index contributed by atoms with van der Waals surface area (Å²) in [4.78, 5) is 15.5. The van der Waals surface area contributed by atoms with E-state index >= 15 is 0 Å². The molecule has 1 aliphatic rings. The van der Waals surface area contributed by atoms with Crippen molar-refractivity contribution in [2.75, 3.05) is 51.4 Å². The summed E-state index contributed by atoms with van der Waals surface area (Å²) in [5.41, 5.74) is 2.32. The summed E-state index contributed by atoms with van der Waals surface area (Å²) >= 11 is 0. The third-order valence-corrected chi connectivity index (χ3v) is 4.93. The van der Waals surface area contributed by atoms with Gasteiger partial charge in [0.15, 0.2) is 11.5 Å². The molecular weight excluding hydrogens is 396 g/mol. The summed E-state index contributed by atoms with van der Waals surface area (Å²) in [6, 6.07) is 11.3. The lowest BCUT2D eigenvalue weighted by molar-refractivity contribution is 0.0342. The van der Waals surface area contributed by atoms with Crippen LogP contribution in [0.2, 0.25) is 0 Å². The highest BCUT2D eigenvalue weighted by atomic mass is 16.5. The number of hydrogen-bond donors (Lipinski definition) is 1. The first-order valence-corrected chi connectivity index (χ1v) is 10.9. The molecule has 1 amide bonds. The second kappa shape index (κ2) is 11.6. The van der Waals surface area contributed by atoms with E-state index in [0.29, 0.717) is 42.6 Å². The second-order valence-electron chi connectivity index (χ2n) is 7.10. The highest BCUT2D eigenvalue weighted by Crippen LogP contribution is 2.39. The highest BCUT2D eigenvalue weighted by molar-refractivity contribution is 6.05. The lowest BCUT2D eigenvalue weighted by Gasteiger charge is -2.27. The van der Waals surface area contributed by atoms with Gasteiger partial charge in [0.2, 0.25) is 5.75 Å². The van der Waals surface area contributed by atoms with Crippen LogP contribution in [0.25, 0.3) is 0 Å². The van der Waals surface area contributed by atoms with E-state index in [0.717, 1.165) is 44.1 Å². The fraction of sp³-hybridized carbons (Fsp3) is 0.458. The zero-order chi connectivity index (χ0) is 22.1. The molecule has 0 aromatic heterocycles. The molecule has 0 bridgehead atoms. The Morgan fingerprint density at radius 2 is 1.58 bits per heavy atom. The van der Waals surface area contributed by atoms with Gasteiger partial charge >= 0.3 is 0 Å². The van der Waals surface area contributed by atoms with Crippen LogP contribution in [0.4, 0.5) is 5.69 Å². The maximum atomic E-state index is 13.1. The average molecular weight is 429 g/mol. The monoisotopic (exact) mass is 428 g/mol. The van der Waals surface area contributed by atoms with Gasteiger partial charge in [0.05, 0.1) is 33.0 Å². The van der Waals surface area contributed by atoms with Crippen molar-refractivity contribution in [2.24, 2.45) is 0 Å². The molecule has 0 saturated carbocycles. The number of nitrogens with one attached hydrogen (secondary N) is 1. The number of carbonyl (C=O) groups is 1. The van der Waals surface area contributed by atoms with Gasteiger partial charge in [-0.05, 0) is 44.5 Å². The molecule has 1 saturated heterocycles. The van der Waals surface area contributed by atoms with E-state index in [1.54, 1.807) is 12.1 Å². The van der Waals surface area contributed by atoms with Crippen LogP contribution in [-0.4, -0.2) is 56.9 Å². The molecule has 168 valence electrons. The molecule has 2 aromatic carbocycles. The molecule has 3 rings (SSSR count). The summed E-state index contributed by atoms with van der Waals surface area (Å²) in [7, 11) is 0. The van der Waals surface area contributed by atoms with Crippen LogP contribution in [0.15, 0.2) is 36.4 Å². The zero-order valence-corrected chi connectivity index (χ0v) is 18.6. The summed E-state index contributed by atoms with van der Waals surface area (Å²) in [6.45, 7) is 11.1. The molecule has 1 fully saturated rings. The summed E-state index contributed by atoms with van der Waals surface area (Å²) in [5.74, 6) is 1.30. The lowest BCUT2D eigenvalue weighted by Crippen LogP contribution is -2.35. The molecule has 0 spiro atoms. The molecule has 0 unspecified atom stereocenters. The number of amides is 1. The minimum Gasteiger partial charge on any atom is -0.490 e. The first-order chi connectivity index (χ1) is 15.2. The topological polar surface area (TPSA) is 69.3 Å². The van der Waals surface area contributed by atoms with E-state index in [9.17, 15) is 4.79 Å². The van der Waals surface area contributed by atoms with Gasteiger partial charge in [-0.2, -0.15) is 0 Å². The number of benzene rings is 2. The van der Waals surface area contributed by atoms with Crippen molar-refractivity contribution in [3.05, 3.63) is 47.5 Å². The van der Waals surface area contributed by atoms with Gasteiger partial charge < -0.3 is 24.3 Å². The quantitative estimate of drug-likeness (QED) is 0.618. The fourth-order valence-corrected chi connectivity index (χ4v) is 3.49. The Labute approximate surface area is 184 Å². The number of nitrogens with zero attached hydrogens (tertiary/aromatic N) is 1. The van der Waals surface area contributed by atoms with Crippen LogP contribution in [-0.2, 0) is 11.3 Å². The van der Waals surface area contributed by atoms with Crippen molar-refractivity contribution >= 4 is 11.6 Å². The van der Waals surface area contributed by atoms with Crippen molar-refractivity contribution in [1.82, 2.24) is 4.90 Å². The smallest absolute Gasteiger partial charge is 0.255 e. The van der Waals surface area contributed by atoms with E-state index in [4.69, 9.17) is 18.9 Å². The molecule has 0 atom stereocenters. The number of ether oxygens (including phenoxy) is 4. The standard InChI is InChI=1S/C24H32N2O5/c1-4-29-21-15-19(16-22(30-5-2)23(21)31-6-3)24(27)25-20-10-8-7-9-18(20)17-26-11-13-28-14-12-26/h7-10,15-16H,4-6,11-14,17H2,1-3H3,(H,25,27). The van der Waals surface area contributed by atoms with Gasteiger partial charge in [-0.25, -0.2) is 0 Å². The van der Waals surface area contributed by atoms with E-state index < -0.39 is 0 Å². The minimum absolute atomic E-state index is 0.223. The van der Waals surface area contributed by atoms with Crippen molar-refractivity contribution in [2.45, 2.75) is 27.3 Å². The van der Waals surface area contributed by atoms with Crippen LogP contribution in [0.1, 0.15) is 36.7 Å². The second-order valence-corrected chi connectivity index (χ2v) is 7.10. The zero-order valence-electron chi connectivity index (χ0n) is 18.6. The van der Waals surface area contributed by atoms with Gasteiger partial charge in [0.1, 0.15) is 0 Å². The Kier molecular flexibility index (Phi) is 8.55. The number of hydrogen-bond acceptors (Lipinski definition) is 6. The Bertz CT molecular complexity index is 838. The summed E-state index contributed by atoms with van der Waals surface area (Å²) in [5, 5.41) is 3.06. The summed E-state index contributed by atoms with van der Waals surface area (Å²) < 4.78 is 22.6. The Hall–Kier alpha value is -2.77. The molecule has 2 aromatic rings. The van der Waals surface area contributed by atoms with E-state index in [1.165, 1.54) is 0 Å². The number of carbonyl (C=O) groups excluding carboxylic acids is 1. The van der Waals surface area contributed by atoms with Gasteiger partial charge in [-0.1, -0.05) is 18.2 Å². The minimum atomic E-state index is -0.223. The SMILES string of the molecule is CCOc1cc(C(=O)Nc2ccccc2CN2CCOCC2)cc(OCC)c1OCC. The molecule has 1 N–H and O–H groups in total. The third-order valence-electron chi connectivity index (χ3n) is 4.93. The molecule has 7 heteroatoms. The van der Waals surface area contributed by atoms with Gasteiger partial charge in [-0.15, -0.1) is 0 Å². The van der Waals surface area contributed by atoms with Crippen LogP contribution in [0.5, 0.6) is 17.2 Å². The van der Waals surface area contributed by atoms with E-state index in [1.807, 2.05) is 45.0 Å². The number of rotatable bonds is 10. The van der Waals surface area contributed by atoms with E-state index in [-0.39, 0.29) is 5.91 Å². The average Bonchev–Trinajstić information content (AvgIpc) is 2.78. The van der Waals surface area contributed by atoms with Crippen LogP contribution in [0.3, 0.4) is 0 Å². The van der Waals surface area contributed by atoms with Gasteiger partial charge in [0.25, 0.3) is 5.91 Å². The van der Waals surface area contributed by atoms with Crippen LogP contribution < -0.4 is 19.5 Å². The Morgan fingerprint density at radius 1 is 0.968 bits per heavy atom. The molecule has 1 aliphatic heterocycles. The molecule has 31 heavy (non-hydrogen) atoms. The lowest BCUT2D eigenvalue weighted by atomic mass is 10.1. The molecule has 0 radical (unpaired) electrons.